The van der Waals surface area contributed by atoms with E-state index in [-0.39, 0.29) is 5.88 Å². The topological polar surface area (TPSA) is 32.6 Å². The first-order chi connectivity index (χ1) is 3.27. The lowest BCUT2D eigenvalue weighted by Crippen LogP contribution is -1.67. The van der Waals surface area contributed by atoms with Crippen LogP contribution in [0.25, 0.3) is 0 Å². The van der Waals surface area contributed by atoms with E-state index in [1.165, 1.54) is 12.3 Å². The van der Waals surface area contributed by atoms with E-state index in [2.05, 4.69) is 18.2 Å². The highest BCUT2D eigenvalue weighted by Crippen LogP contribution is 1.78. The summed E-state index contributed by atoms with van der Waals surface area (Å²) >= 11 is 0. The summed E-state index contributed by atoms with van der Waals surface area (Å²) in [6, 6.07) is 0. The third-order valence-corrected chi connectivity index (χ3v) is 0.329. The fraction of sp³-hybridized carbons (Fsp3) is 0. The van der Waals surface area contributed by atoms with E-state index in [1.54, 1.807) is 0 Å². The van der Waals surface area contributed by atoms with Crippen molar-refractivity contribution in [1.82, 2.24) is 0 Å². The summed E-state index contributed by atoms with van der Waals surface area (Å²) in [4.78, 5) is 3.36. The van der Waals surface area contributed by atoms with E-state index >= 15 is 0 Å². The van der Waals surface area contributed by atoms with Crippen molar-refractivity contribution in [2.75, 3.05) is 0 Å². The quantitative estimate of drug-likeness (QED) is 0.408. The average Bonchev–Trinajstić information content (AvgIpc) is 1.61. The van der Waals surface area contributed by atoms with E-state index in [4.69, 9.17) is 5.11 Å². The molecule has 0 aliphatic carbocycles. The van der Waals surface area contributed by atoms with Crippen LogP contribution in [0.15, 0.2) is 30.1 Å². The Balaban J connectivity index is 3.46. The molecule has 7 heavy (non-hydrogen) atoms. The second kappa shape index (κ2) is 3.15. The summed E-state index contributed by atoms with van der Waals surface area (Å²) < 4.78 is 0. The van der Waals surface area contributed by atoms with Crippen molar-refractivity contribution >= 4 is 6.21 Å². The molecule has 0 aliphatic heterocycles. The number of aliphatic imine (C=N–C) groups is 1. The number of aliphatic hydroxyl groups excluding tert-OH is 1. The highest BCUT2D eigenvalue weighted by Gasteiger charge is 1.68. The lowest BCUT2D eigenvalue weighted by Gasteiger charge is -1.77. The third-order valence-electron chi connectivity index (χ3n) is 0.329. The van der Waals surface area contributed by atoms with Gasteiger partial charge < -0.3 is 5.11 Å². The SMILES string of the molecule is C=C/C=N\C(=C)O. The van der Waals surface area contributed by atoms with Gasteiger partial charge in [0.25, 0.3) is 0 Å². The zero-order chi connectivity index (χ0) is 5.70. The Morgan fingerprint density at radius 3 is 2.43 bits per heavy atom. The first-order valence-electron chi connectivity index (χ1n) is 1.80. The van der Waals surface area contributed by atoms with Crippen molar-refractivity contribution in [3.8, 4) is 0 Å². The number of allylic oxidation sites excluding steroid dienone is 1. The van der Waals surface area contributed by atoms with E-state index in [0.29, 0.717) is 0 Å². The van der Waals surface area contributed by atoms with Gasteiger partial charge in [0.15, 0.2) is 0 Å². The zero-order valence-corrected chi connectivity index (χ0v) is 3.96. The van der Waals surface area contributed by atoms with Crippen LogP contribution < -0.4 is 0 Å². The minimum absolute atomic E-state index is 0.195. The molecule has 0 atom stereocenters. The molecular weight excluding hydrogens is 90.1 g/mol. The standard InChI is InChI=1S/C5H7NO/c1-3-4-6-5(2)7/h3-4,7H,1-2H2/b6-4-. The van der Waals surface area contributed by atoms with Gasteiger partial charge in [-0.05, 0) is 6.58 Å². The van der Waals surface area contributed by atoms with Gasteiger partial charge in [-0.2, -0.15) is 0 Å². The summed E-state index contributed by atoms with van der Waals surface area (Å²) in [5.41, 5.74) is 0. The summed E-state index contributed by atoms with van der Waals surface area (Å²) in [6.07, 6.45) is 2.82. The van der Waals surface area contributed by atoms with Crippen molar-refractivity contribution in [2.24, 2.45) is 4.99 Å². The average molecular weight is 97.1 g/mol. The van der Waals surface area contributed by atoms with E-state index < -0.39 is 0 Å². The maximum Gasteiger partial charge on any atom is 0.203 e. The molecule has 0 heterocycles. The highest BCUT2D eigenvalue weighted by atomic mass is 16.3. The van der Waals surface area contributed by atoms with Crippen LogP contribution in [0.3, 0.4) is 0 Å². The Hall–Kier alpha value is -1.05. The maximum atomic E-state index is 8.24. The largest absolute Gasteiger partial charge is 0.494 e. The first-order valence-corrected chi connectivity index (χ1v) is 1.80. The maximum absolute atomic E-state index is 8.24. The molecule has 2 heteroatoms. The van der Waals surface area contributed by atoms with E-state index in [9.17, 15) is 0 Å². The molecule has 0 aromatic rings. The molecule has 0 unspecified atom stereocenters. The fourth-order valence-electron chi connectivity index (χ4n) is 0.139. The smallest absolute Gasteiger partial charge is 0.203 e. The fourth-order valence-corrected chi connectivity index (χ4v) is 0.139. The first kappa shape index (κ1) is 5.95. The normalized spacial score (nSPS) is 9.14. The van der Waals surface area contributed by atoms with Crippen LogP contribution in [-0.2, 0) is 0 Å². The summed E-state index contributed by atoms with van der Waals surface area (Å²) in [5.74, 6) is -0.195. The third kappa shape index (κ3) is 4.95. The minimum Gasteiger partial charge on any atom is -0.494 e. The molecule has 1 N–H and O–H groups in total. The van der Waals surface area contributed by atoms with Gasteiger partial charge in [-0.25, -0.2) is 4.99 Å². The predicted molar refractivity (Wildman–Crippen MR) is 30.5 cm³/mol. The second-order valence-electron chi connectivity index (χ2n) is 0.930. The molecule has 2 nitrogen and oxygen atoms in total. The van der Waals surface area contributed by atoms with Crippen LogP contribution in [0.4, 0.5) is 0 Å². The molecule has 0 aromatic carbocycles. The summed E-state index contributed by atoms with van der Waals surface area (Å²) in [5, 5.41) is 8.24. The molecule has 0 aromatic heterocycles. The molecule has 38 valence electrons. The van der Waals surface area contributed by atoms with Gasteiger partial charge in [-0.15, -0.1) is 0 Å². The molecule has 0 aliphatic rings. The van der Waals surface area contributed by atoms with Crippen LogP contribution in [0, 0.1) is 0 Å². The number of hydrogen-bond donors (Lipinski definition) is 1. The van der Waals surface area contributed by atoms with Crippen molar-refractivity contribution in [3.05, 3.63) is 25.1 Å². The van der Waals surface area contributed by atoms with Crippen LogP contribution in [0.5, 0.6) is 0 Å². The second-order valence-corrected chi connectivity index (χ2v) is 0.930. The van der Waals surface area contributed by atoms with E-state index in [1.807, 2.05) is 0 Å². The Kier molecular flexibility index (Phi) is 2.68. The Bertz CT molecular complexity index is 105. The highest BCUT2D eigenvalue weighted by molar-refractivity contribution is 5.70. The lowest BCUT2D eigenvalue weighted by molar-refractivity contribution is 0.410. The van der Waals surface area contributed by atoms with Gasteiger partial charge in [-0.3, -0.25) is 0 Å². The van der Waals surface area contributed by atoms with Gasteiger partial charge >= 0.3 is 0 Å². The van der Waals surface area contributed by atoms with Crippen LogP contribution in [-0.4, -0.2) is 11.3 Å². The zero-order valence-electron chi connectivity index (χ0n) is 3.96. The van der Waals surface area contributed by atoms with Gasteiger partial charge in [0.1, 0.15) is 0 Å². The van der Waals surface area contributed by atoms with Gasteiger partial charge in [0.05, 0.1) is 0 Å². The number of rotatable bonds is 2. The Morgan fingerprint density at radius 2 is 2.29 bits per heavy atom. The van der Waals surface area contributed by atoms with Crippen LogP contribution in [0.2, 0.25) is 0 Å². The minimum atomic E-state index is -0.195. The Labute approximate surface area is 42.5 Å². The molecule has 0 saturated heterocycles. The lowest BCUT2D eigenvalue weighted by atomic mass is 10.7. The van der Waals surface area contributed by atoms with Gasteiger partial charge in [0, 0.05) is 6.21 Å². The number of hydrogen-bond acceptors (Lipinski definition) is 2. The van der Waals surface area contributed by atoms with E-state index in [0.717, 1.165) is 0 Å². The molecule has 0 fully saturated rings. The molecule has 0 radical (unpaired) electrons. The van der Waals surface area contributed by atoms with Crippen LogP contribution in [0.1, 0.15) is 0 Å². The molecule has 0 saturated carbocycles. The molecule has 0 bridgehead atoms. The van der Waals surface area contributed by atoms with Crippen molar-refractivity contribution in [2.45, 2.75) is 0 Å². The van der Waals surface area contributed by atoms with Crippen LogP contribution >= 0.6 is 0 Å². The summed E-state index contributed by atoms with van der Waals surface area (Å²) in [7, 11) is 0. The number of nitrogens with zero attached hydrogens (tertiary/aromatic N) is 1. The number of aliphatic hydroxyl groups is 1. The van der Waals surface area contributed by atoms with Crippen molar-refractivity contribution in [1.29, 1.82) is 0 Å². The molecular formula is C5H7NO. The van der Waals surface area contributed by atoms with Gasteiger partial charge in [-0.1, -0.05) is 12.7 Å². The molecule has 0 amide bonds. The van der Waals surface area contributed by atoms with Gasteiger partial charge in [0.2, 0.25) is 5.88 Å². The summed E-state index contributed by atoms with van der Waals surface area (Å²) in [6.45, 7) is 6.43. The molecule has 0 spiro atoms. The predicted octanol–water partition coefficient (Wildman–Crippen LogP) is 1.27. The molecule has 0 rings (SSSR count). The monoisotopic (exact) mass is 97.1 g/mol. The Morgan fingerprint density at radius 1 is 1.71 bits per heavy atom. The van der Waals surface area contributed by atoms with Crippen molar-refractivity contribution < 1.29 is 5.11 Å². The van der Waals surface area contributed by atoms with Crippen molar-refractivity contribution in [3.63, 3.8) is 0 Å².